The monoisotopic (exact) mass is 373 g/mol. The highest BCUT2D eigenvalue weighted by Gasteiger charge is 2.09. The topological polar surface area (TPSA) is 48.7 Å². The summed E-state index contributed by atoms with van der Waals surface area (Å²) >= 11 is 1.49. The van der Waals surface area contributed by atoms with Crippen LogP contribution in [0.5, 0.6) is 0 Å². The number of allylic oxidation sites excluding steroid dienone is 1. The maximum atomic E-state index is 9.54. The fourth-order valence-corrected chi connectivity index (χ4v) is 3.63. The molecule has 3 aromatic rings. The Labute approximate surface area is 165 Å². The van der Waals surface area contributed by atoms with E-state index in [2.05, 4.69) is 54.5 Å². The number of thiazole rings is 1. The average molecular weight is 374 g/mol. The zero-order valence-corrected chi connectivity index (χ0v) is 16.7. The number of hydrogen-bond donors (Lipinski definition) is 1. The minimum Gasteiger partial charge on any atom is -0.360 e. The number of aryl methyl sites for hydroxylation is 1. The molecule has 4 heteroatoms. The summed E-state index contributed by atoms with van der Waals surface area (Å²) in [5.41, 5.74) is 5.97. The minimum atomic E-state index is 0.533. The lowest BCUT2D eigenvalue weighted by atomic mass is 10.0. The van der Waals surface area contributed by atoms with Gasteiger partial charge in [0.1, 0.15) is 16.6 Å². The molecule has 0 unspecified atom stereocenters. The highest BCUT2D eigenvalue weighted by atomic mass is 32.1. The molecule has 0 atom stereocenters. The third-order valence-electron chi connectivity index (χ3n) is 4.27. The molecule has 0 spiro atoms. The second kappa shape index (κ2) is 8.66. The molecule has 136 valence electrons. The fraction of sp³-hybridized carbons (Fsp3) is 0.217. The number of benzene rings is 2. The number of hydrogen-bond acceptors (Lipinski definition) is 4. The molecule has 0 saturated heterocycles. The Morgan fingerprint density at radius 3 is 2.59 bits per heavy atom. The van der Waals surface area contributed by atoms with E-state index in [1.807, 2.05) is 36.6 Å². The van der Waals surface area contributed by atoms with Crippen LogP contribution in [0.3, 0.4) is 0 Å². The number of nitrogens with one attached hydrogen (secondary N) is 1. The van der Waals surface area contributed by atoms with Gasteiger partial charge in [-0.15, -0.1) is 11.3 Å². The molecule has 0 fully saturated rings. The van der Waals surface area contributed by atoms with Crippen LogP contribution < -0.4 is 5.32 Å². The van der Waals surface area contributed by atoms with E-state index in [4.69, 9.17) is 0 Å². The zero-order chi connectivity index (χ0) is 19.2. The first-order chi connectivity index (χ1) is 13.1. The van der Waals surface area contributed by atoms with Crippen LogP contribution in [0, 0.1) is 24.2 Å². The van der Waals surface area contributed by atoms with Crippen LogP contribution >= 0.6 is 11.3 Å². The van der Waals surface area contributed by atoms with E-state index in [0.29, 0.717) is 11.5 Å². The summed E-state index contributed by atoms with van der Waals surface area (Å²) in [5, 5.41) is 15.5. The summed E-state index contributed by atoms with van der Waals surface area (Å²) in [4.78, 5) is 4.66. The highest BCUT2D eigenvalue weighted by Crippen LogP contribution is 2.27. The largest absolute Gasteiger partial charge is 0.360 e. The van der Waals surface area contributed by atoms with Crippen molar-refractivity contribution in [3.8, 4) is 17.3 Å². The number of aromatic nitrogens is 1. The minimum absolute atomic E-state index is 0.533. The van der Waals surface area contributed by atoms with E-state index < -0.39 is 0 Å². The molecule has 0 radical (unpaired) electrons. The molecule has 0 aliphatic rings. The van der Waals surface area contributed by atoms with Gasteiger partial charge in [-0.1, -0.05) is 56.3 Å². The van der Waals surface area contributed by atoms with Gasteiger partial charge in [0.25, 0.3) is 0 Å². The molecule has 0 aliphatic heterocycles. The van der Waals surface area contributed by atoms with Gasteiger partial charge in [-0.05, 0) is 36.5 Å². The van der Waals surface area contributed by atoms with Gasteiger partial charge in [0.15, 0.2) is 0 Å². The van der Waals surface area contributed by atoms with Gasteiger partial charge < -0.3 is 5.32 Å². The first kappa shape index (κ1) is 18.9. The first-order valence-corrected chi connectivity index (χ1v) is 9.92. The van der Waals surface area contributed by atoms with Crippen LogP contribution in [-0.2, 0) is 6.42 Å². The van der Waals surface area contributed by atoms with Crippen LogP contribution in [0.25, 0.3) is 16.8 Å². The second-order valence-corrected chi connectivity index (χ2v) is 7.82. The van der Waals surface area contributed by atoms with Crippen molar-refractivity contribution >= 4 is 22.6 Å². The summed E-state index contributed by atoms with van der Waals surface area (Å²) in [6, 6.07) is 18.8. The number of nitrogens with zero attached hydrogens (tertiary/aromatic N) is 2. The molecule has 3 nitrogen and oxygen atoms in total. The van der Waals surface area contributed by atoms with Crippen molar-refractivity contribution < 1.29 is 0 Å². The van der Waals surface area contributed by atoms with Crippen LogP contribution in [0.4, 0.5) is 5.69 Å². The smallest absolute Gasteiger partial charge is 0.136 e. The normalized spacial score (nSPS) is 11.4. The predicted octanol–water partition coefficient (Wildman–Crippen LogP) is 6.29. The van der Waals surface area contributed by atoms with Gasteiger partial charge in [0.2, 0.25) is 0 Å². The fourth-order valence-electron chi connectivity index (χ4n) is 2.84. The van der Waals surface area contributed by atoms with Crippen molar-refractivity contribution in [1.29, 1.82) is 5.26 Å². The summed E-state index contributed by atoms with van der Waals surface area (Å²) in [6.45, 7) is 6.48. The zero-order valence-electron chi connectivity index (χ0n) is 15.9. The number of anilines is 1. The molecule has 1 aromatic heterocycles. The van der Waals surface area contributed by atoms with Crippen LogP contribution in [0.1, 0.15) is 30.0 Å². The van der Waals surface area contributed by atoms with Gasteiger partial charge in [-0.3, -0.25) is 0 Å². The predicted molar refractivity (Wildman–Crippen MR) is 114 cm³/mol. The lowest BCUT2D eigenvalue weighted by Crippen LogP contribution is -1.94. The Morgan fingerprint density at radius 2 is 1.93 bits per heavy atom. The average Bonchev–Trinajstić information content (AvgIpc) is 3.14. The van der Waals surface area contributed by atoms with Gasteiger partial charge in [0.05, 0.1) is 5.69 Å². The summed E-state index contributed by atoms with van der Waals surface area (Å²) in [6.07, 6.45) is 2.81. The Morgan fingerprint density at radius 1 is 1.19 bits per heavy atom. The lowest BCUT2D eigenvalue weighted by molar-refractivity contribution is 0.647. The third kappa shape index (κ3) is 4.84. The first-order valence-electron chi connectivity index (χ1n) is 9.04. The molecule has 0 saturated carbocycles. The van der Waals surface area contributed by atoms with Crippen molar-refractivity contribution in [2.45, 2.75) is 27.2 Å². The molecule has 0 aliphatic carbocycles. The number of nitriles is 1. The SMILES string of the molecule is Cc1ccccc1NC=C(C#N)c1nc(-c2ccc(CC(C)C)cc2)cs1. The summed E-state index contributed by atoms with van der Waals surface area (Å²) < 4.78 is 0. The van der Waals surface area contributed by atoms with Crippen molar-refractivity contribution in [1.82, 2.24) is 4.98 Å². The van der Waals surface area contributed by atoms with Crippen molar-refractivity contribution in [2.24, 2.45) is 5.92 Å². The molecular weight excluding hydrogens is 350 g/mol. The maximum Gasteiger partial charge on any atom is 0.136 e. The third-order valence-corrected chi connectivity index (χ3v) is 5.14. The van der Waals surface area contributed by atoms with Crippen molar-refractivity contribution in [3.63, 3.8) is 0 Å². The van der Waals surface area contributed by atoms with Crippen molar-refractivity contribution in [2.75, 3.05) is 5.32 Å². The molecule has 1 heterocycles. The van der Waals surface area contributed by atoms with Crippen molar-refractivity contribution in [3.05, 3.63) is 76.2 Å². The van der Waals surface area contributed by atoms with E-state index in [-0.39, 0.29) is 0 Å². The Hall–Kier alpha value is -2.90. The molecule has 1 N–H and O–H groups in total. The molecule has 3 rings (SSSR count). The maximum absolute atomic E-state index is 9.54. The van der Waals surface area contributed by atoms with Gasteiger partial charge >= 0.3 is 0 Å². The van der Waals surface area contributed by atoms with E-state index >= 15 is 0 Å². The second-order valence-electron chi connectivity index (χ2n) is 6.96. The summed E-state index contributed by atoms with van der Waals surface area (Å²) in [7, 11) is 0. The van der Waals surface area contributed by atoms with Gasteiger partial charge in [-0.2, -0.15) is 5.26 Å². The highest BCUT2D eigenvalue weighted by molar-refractivity contribution is 7.11. The quantitative estimate of drug-likeness (QED) is 0.516. The Bertz CT molecular complexity index is 975. The Kier molecular flexibility index (Phi) is 6.05. The van der Waals surface area contributed by atoms with E-state index in [1.54, 1.807) is 6.20 Å². The van der Waals surface area contributed by atoms with E-state index in [1.165, 1.54) is 16.9 Å². The number of rotatable bonds is 6. The lowest BCUT2D eigenvalue weighted by Gasteiger charge is -2.05. The number of para-hydroxylation sites is 1. The molecule has 0 bridgehead atoms. The standard InChI is InChI=1S/C23H23N3S/c1-16(2)12-18-8-10-19(11-9-18)22-15-27-23(26-22)20(13-24)14-25-21-7-5-4-6-17(21)3/h4-11,14-16,25H,12H2,1-3H3. The van der Waals surface area contributed by atoms with Crippen LogP contribution in [-0.4, -0.2) is 4.98 Å². The molecular formula is C23H23N3S. The summed E-state index contributed by atoms with van der Waals surface area (Å²) in [5.74, 6) is 0.644. The van der Waals surface area contributed by atoms with E-state index in [0.717, 1.165) is 33.9 Å². The molecule has 2 aromatic carbocycles. The Balaban J connectivity index is 1.78. The van der Waals surface area contributed by atoms with E-state index in [9.17, 15) is 5.26 Å². The van der Waals surface area contributed by atoms with Crippen LogP contribution in [0.2, 0.25) is 0 Å². The van der Waals surface area contributed by atoms with Crippen LogP contribution in [0.15, 0.2) is 60.1 Å². The van der Waals surface area contributed by atoms with Gasteiger partial charge in [-0.25, -0.2) is 4.98 Å². The molecule has 27 heavy (non-hydrogen) atoms. The molecule has 0 amide bonds. The van der Waals surface area contributed by atoms with Gasteiger partial charge in [0, 0.05) is 22.8 Å².